The number of ketones is 1. The van der Waals surface area contributed by atoms with Gasteiger partial charge in [0.1, 0.15) is 5.82 Å². The Labute approximate surface area is 128 Å². The summed E-state index contributed by atoms with van der Waals surface area (Å²) in [6, 6.07) is 13.7. The zero-order chi connectivity index (χ0) is 15.5. The minimum atomic E-state index is -0.380. The largest absolute Gasteiger partial charge is 0.352 e. The van der Waals surface area contributed by atoms with Gasteiger partial charge >= 0.3 is 0 Å². The quantitative estimate of drug-likeness (QED) is 0.947. The van der Waals surface area contributed by atoms with E-state index in [2.05, 4.69) is 5.32 Å². The van der Waals surface area contributed by atoms with E-state index in [1.54, 1.807) is 24.3 Å². The monoisotopic (exact) mass is 297 g/mol. The van der Waals surface area contributed by atoms with Gasteiger partial charge in [-0.15, -0.1) is 0 Å². The topological polar surface area (TPSA) is 46.2 Å². The zero-order valence-corrected chi connectivity index (χ0v) is 12.0. The van der Waals surface area contributed by atoms with Crippen LogP contribution in [0.2, 0.25) is 0 Å². The standard InChI is InChI=1S/C18H16FNO2/c19-16-8-4-2-6-13(16)11-20-18(22)14-9-12-5-1-3-7-15(12)17(21)10-14/h1-8,14H,9-11H2,(H,20,22). The second kappa shape index (κ2) is 6.10. The first-order valence-electron chi connectivity index (χ1n) is 7.27. The summed E-state index contributed by atoms with van der Waals surface area (Å²) in [5.41, 5.74) is 2.06. The van der Waals surface area contributed by atoms with Crippen molar-refractivity contribution < 1.29 is 14.0 Å². The van der Waals surface area contributed by atoms with Crippen molar-refractivity contribution in [2.24, 2.45) is 5.92 Å². The molecule has 0 bridgehead atoms. The first-order valence-corrected chi connectivity index (χ1v) is 7.27. The van der Waals surface area contributed by atoms with Crippen molar-refractivity contribution in [3.05, 3.63) is 71.0 Å². The van der Waals surface area contributed by atoms with E-state index in [0.717, 1.165) is 5.56 Å². The Balaban J connectivity index is 1.67. The molecule has 1 aliphatic rings. The van der Waals surface area contributed by atoms with Gasteiger partial charge in [0.2, 0.25) is 5.91 Å². The Bertz CT molecular complexity index is 727. The zero-order valence-electron chi connectivity index (χ0n) is 12.0. The van der Waals surface area contributed by atoms with E-state index in [0.29, 0.717) is 17.5 Å². The van der Waals surface area contributed by atoms with Crippen LogP contribution >= 0.6 is 0 Å². The highest BCUT2D eigenvalue weighted by atomic mass is 19.1. The van der Waals surface area contributed by atoms with Gasteiger partial charge in [0.05, 0.1) is 0 Å². The van der Waals surface area contributed by atoms with Crippen molar-refractivity contribution in [2.45, 2.75) is 19.4 Å². The molecule has 1 aliphatic carbocycles. The lowest BCUT2D eigenvalue weighted by Gasteiger charge is -2.22. The molecule has 1 amide bonds. The van der Waals surface area contributed by atoms with Gasteiger partial charge in [-0.2, -0.15) is 0 Å². The fourth-order valence-corrected chi connectivity index (χ4v) is 2.80. The first kappa shape index (κ1) is 14.4. The van der Waals surface area contributed by atoms with Gasteiger partial charge in [0.25, 0.3) is 0 Å². The molecule has 4 heteroatoms. The molecule has 3 rings (SSSR count). The molecule has 3 nitrogen and oxygen atoms in total. The highest BCUT2D eigenvalue weighted by Gasteiger charge is 2.29. The molecule has 0 heterocycles. The maximum absolute atomic E-state index is 13.5. The SMILES string of the molecule is O=C1CC(C(=O)NCc2ccccc2F)Cc2ccccc21. The Morgan fingerprint density at radius 1 is 1.09 bits per heavy atom. The Morgan fingerprint density at radius 3 is 2.64 bits per heavy atom. The van der Waals surface area contributed by atoms with E-state index in [-0.39, 0.29) is 36.4 Å². The molecular formula is C18H16FNO2. The van der Waals surface area contributed by atoms with E-state index >= 15 is 0 Å². The minimum absolute atomic E-state index is 0.00658. The molecule has 0 saturated carbocycles. The Morgan fingerprint density at radius 2 is 1.82 bits per heavy atom. The van der Waals surface area contributed by atoms with Crippen LogP contribution in [0, 0.1) is 11.7 Å². The maximum atomic E-state index is 13.5. The molecule has 1 N–H and O–H groups in total. The summed E-state index contributed by atoms with van der Waals surface area (Å²) in [6.45, 7) is 0.137. The Kier molecular flexibility index (Phi) is 4.00. The highest BCUT2D eigenvalue weighted by molar-refractivity contribution is 6.01. The Hall–Kier alpha value is -2.49. The third-order valence-corrected chi connectivity index (χ3v) is 4.00. The summed E-state index contributed by atoms with van der Waals surface area (Å²) >= 11 is 0. The molecule has 0 spiro atoms. The summed E-state index contributed by atoms with van der Waals surface area (Å²) in [6.07, 6.45) is 0.755. The van der Waals surface area contributed by atoms with Gasteiger partial charge in [-0.3, -0.25) is 9.59 Å². The predicted octanol–water partition coefficient (Wildman–Crippen LogP) is 2.89. The number of nitrogens with one attached hydrogen (secondary N) is 1. The van der Waals surface area contributed by atoms with Crippen molar-refractivity contribution in [1.82, 2.24) is 5.32 Å². The van der Waals surface area contributed by atoms with Crippen molar-refractivity contribution in [1.29, 1.82) is 0 Å². The molecule has 2 aromatic rings. The number of halogens is 1. The normalized spacial score (nSPS) is 17.0. The number of amides is 1. The summed E-state index contributed by atoms with van der Waals surface area (Å²) < 4.78 is 13.5. The number of benzene rings is 2. The smallest absolute Gasteiger partial charge is 0.224 e. The molecule has 0 fully saturated rings. The van der Waals surface area contributed by atoms with Gasteiger partial charge < -0.3 is 5.32 Å². The van der Waals surface area contributed by atoms with Crippen LogP contribution in [0.4, 0.5) is 4.39 Å². The molecule has 1 unspecified atom stereocenters. The number of hydrogen-bond acceptors (Lipinski definition) is 2. The molecular weight excluding hydrogens is 281 g/mol. The van der Waals surface area contributed by atoms with Gasteiger partial charge in [-0.25, -0.2) is 4.39 Å². The van der Waals surface area contributed by atoms with Crippen LogP contribution in [-0.2, 0) is 17.8 Å². The van der Waals surface area contributed by atoms with Crippen LogP contribution < -0.4 is 5.32 Å². The van der Waals surface area contributed by atoms with Crippen LogP contribution in [-0.4, -0.2) is 11.7 Å². The number of rotatable bonds is 3. The fraction of sp³-hybridized carbons (Fsp3) is 0.222. The van der Waals surface area contributed by atoms with E-state index in [1.165, 1.54) is 6.07 Å². The van der Waals surface area contributed by atoms with Crippen LogP contribution in [0.25, 0.3) is 0 Å². The molecule has 112 valence electrons. The number of carbonyl (C=O) groups excluding carboxylic acids is 2. The summed E-state index contributed by atoms with van der Waals surface area (Å²) in [4.78, 5) is 24.3. The highest BCUT2D eigenvalue weighted by Crippen LogP contribution is 2.25. The van der Waals surface area contributed by atoms with Crippen molar-refractivity contribution in [2.75, 3.05) is 0 Å². The summed E-state index contributed by atoms with van der Waals surface area (Å²) in [5.74, 6) is -0.930. The average molecular weight is 297 g/mol. The van der Waals surface area contributed by atoms with Gasteiger partial charge in [-0.1, -0.05) is 42.5 Å². The predicted molar refractivity (Wildman–Crippen MR) is 80.8 cm³/mol. The van der Waals surface area contributed by atoms with Crippen LogP contribution in [0.15, 0.2) is 48.5 Å². The lowest BCUT2D eigenvalue weighted by molar-refractivity contribution is -0.125. The van der Waals surface area contributed by atoms with Crippen molar-refractivity contribution >= 4 is 11.7 Å². The molecule has 0 saturated heterocycles. The number of fused-ring (bicyclic) bond motifs is 1. The summed E-state index contributed by atoms with van der Waals surface area (Å²) in [5, 5.41) is 2.73. The fourth-order valence-electron chi connectivity index (χ4n) is 2.80. The van der Waals surface area contributed by atoms with Crippen LogP contribution in [0.3, 0.4) is 0 Å². The van der Waals surface area contributed by atoms with Crippen molar-refractivity contribution in [3.8, 4) is 0 Å². The van der Waals surface area contributed by atoms with E-state index in [9.17, 15) is 14.0 Å². The lowest BCUT2D eigenvalue weighted by Crippen LogP contribution is -2.35. The molecule has 0 radical (unpaired) electrons. The van der Waals surface area contributed by atoms with E-state index in [1.807, 2.05) is 18.2 Å². The van der Waals surface area contributed by atoms with Gasteiger partial charge in [0.15, 0.2) is 5.78 Å². The maximum Gasteiger partial charge on any atom is 0.224 e. The van der Waals surface area contributed by atoms with Gasteiger partial charge in [-0.05, 0) is 18.1 Å². The lowest BCUT2D eigenvalue weighted by atomic mass is 9.82. The second-order valence-electron chi connectivity index (χ2n) is 5.49. The number of carbonyl (C=O) groups is 2. The molecule has 22 heavy (non-hydrogen) atoms. The third-order valence-electron chi connectivity index (χ3n) is 4.00. The van der Waals surface area contributed by atoms with Gasteiger partial charge in [0, 0.05) is 30.0 Å². The van der Waals surface area contributed by atoms with Crippen LogP contribution in [0.5, 0.6) is 0 Å². The average Bonchev–Trinajstić information content (AvgIpc) is 2.54. The number of Topliss-reactive ketones (excluding diaryl/α,β-unsaturated/α-hetero) is 1. The molecule has 1 atom stereocenters. The second-order valence-corrected chi connectivity index (χ2v) is 5.49. The number of hydrogen-bond donors (Lipinski definition) is 1. The molecule has 0 aliphatic heterocycles. The summed E-state index contributed by atoms with van der Waals surface area (Å²) in [7, 11) is 0. The van der Waals surface area contributed by atoms with E-state index in [4.69, 9.17) is 0 Å². The van der Waals surface area contributed by atoms with Crippen molar-refractivity contribution in [3.63, 3.8) is 0 Å². The molecule has 2 aromatic carbocycles. The van der Waals surface area contributed by atoms with Crippen LogP contribution in [0.1, 0.15) is 27.9 Å². The first-order chi connectivity index (χ1) is 10.6. The minimum Gasteiger partial charge on any atom is -0.352 e. The third kappa shape index (κ3) is 2.91. The molecule has 0 aromatic heterocycles. The van der Waals surface area contributed by atoms with E-state index < -0.39 is 0 Å².